The van der Waals surface area contributed by atoms with Crippen LogP contribution in [-0.2, 0) is 39.0 Å². The van der Waals surface area contributed by atoms with Crippen molar-refractivity contribution in [2.75, 3.05) is 17.4 Å². The number of aryl methyl sites for hydroxylation is 2. The number of rotatable bonds is 14. The van der Waals surface area contributed by atoms with Crippen molar-refractivity contribution in [3.8, 4) is 0 Å². The molecule has 0 aliphatic heterocycles. The molecule has 0 aromatic heterocycles. The first kappa shape index (κ1) is 32.5. The van der Waals surface area contributed by atoms with E-state index in [1.807, 2.05) is 87.5 Å². The molecule has 0 saturated heterocycles. The molecule has 0 saturated carbocycles. The zero-order chi connectivity index (χ0) is 31.5. The maximum Gasteiger partial charge on any atom is 0.264 e. The van der Waals surface area contributed by atoms with Crippen molar-refractivity contribution in [1.82, 2.24) is 10.2 Å². The van der Waals surface area contributed by atoms with Crippen LogP contribution in [0.4, 0.5) is 5.69 Å². The average Bonchev–Trinajstić information content (AvgIpc) is 3.05. The van der Waals surface area contributed by atoms with Crippen LogP contribution in [0.15, 0.2) is 114 Å². The van der Waals surface area contributed by atoms with Crippen LogP contribution in [0.25, 0.3) is 0 Å². The third-order valence-corrected chi connectivity index (χ3v) is 9.45. The van der Waals surface area contributed by atoms with Gasteiger partial charge in [-0.05, 0) is 66.3 Å². The van der Waals surface area contributed by atoms with Crippen LogP contribution in [0.2, 0.25) is 0 Å². The van der Waals surface area contributed by atoms with E-state index in [0.29, 0.717) is 12.2 Å². The summed E-state index contributed by atoms with van der Waals surface area (Å²) in [5, 5.41) is 2.98. The van der Waals surface area contributed by atoms with Crippen molar-refractivity contribution < 1.29 is 18.0 Å². The lowest BCUT2D eigenvalue weighted by Gasteiger charge is -2.34. The molecule has 0 heterocycles. The van der Waals surface area contributed by atoms with Gasteiger partial charge in [-0.2, -0.15) is 0 Å². The molecule has 7 nitrogen and oxygen atoms in total. The van der Waals surface area contributed by atoms with Crippen LogP contribution in [0.1, 0.15) is 42.5 Å². The Hall–Kier alpha value is -4.43. The Morgan fingerprint density at radius 3 is 2.00 bits per heavy atom. The lowest BCUT2D eigenvalue weighted by Crippen LogP contribution is -2.53. The van der Waals surface area contributed by atoms with Crippen LogP contribution >= 0.6 is 0 Å². The highest BCUT2D eigenvalue weighted by molar-refractivity contribution is 7.92. The van der Waals surface area contributed by atoms with E-state index in [9.17, 15) is 18.0 Å². The maximum absolute atomic E-state index is 14.5. The first-order valence-electron chi connectivity index (χ1n) is 15.1. The molecule has 0 aliphatic rings. The Morgan fingerprint density at radius 1 is 0.773 bits per heavy atom. The van der Waals surface area contributed by atoms with Crippen LogP contribution in [0.5, 0.6) is 0 Å². The van der Waals surface area contributed by atoms with Gasteiger partial charge in [0.2, 0.25) is 11.8 Å². The second-order valence-corrected chi connectivity index (χ2v) is 12.7. The number of carbonyl (C=O) groups excluding carboxylic acids is 2. The third kappa shape index (κ3) is 8.14. The number of benzene rings is 4. The molecule has 2 amide bonds. The summed E-state index contributed by atoms with van der Waals surface area (Å²) in [5.74, 6) is -0.748. The van der Waals surface area contributed by atoms with E-state index in [1.165, 1.54) is 17.0 Å². The average molecular weight is 612 g/mol. The quantitative estimate of drug-likeness (QED) is 0.192. The fourth-order valence-corrected chi connectivity index (χ4v) is 6.47. The number of anilines is 1. The van der Waals surface area contributed by atoms with Gasteiger partial charge in [0.05, 0.1) is 10.6 Å². The number of amides is 2. The van der Waals surface area contributed by atoms with E-state index in [2.05, 4.69) is 5.32 Å². The number of hydrogen-bond acceptors (Lipinski definition) is 4. The minimum atomic E-state index is -4.12. The molecule has 4 aromatic carbocycles. The van der Waals surface area contributed by atoms with Gasteiger partial charge in [-0.25, -0.2) is 8.42 Å². The summed E-state index contributed by atoms with van der Waals surface area (Å²) in [5.41, 5.74) is 4.18. The molecule has 0 bridgehead atoms. The van der Waals surface area contributed by atoms with E-state index < -0.39 is 28.5 Å². The van der Waals surface area contributed by atoms with Gasteiger partial charge < -0.3 is 10.2 Å². The predicted molar refractivity (Wildman–Crippen MR) is 176 cm³/mol. The maximum atomic E-state index is 14.5. The number of carbonyl (C=O) groups is 2. The zero-order valence-electron chi connectivity index (χ0n) is 25.6. The summed E-state index contributed by atoms with van der Waals surface area (Å²) < 4.78 is 29.3. The highest BCUT2D eigenvalue weighted by Crippen LogP contribution is 2.26. The first-order chi connectivity index (χ1) is 21.2. The van der Waals surface area contributed by atoms with Gasteiger partial charge in [-0.15, -0.1) is 0 Å². The summed E-state index contributed by atoms with van der Waals surface area (Å²) in [7, 11) is -4.12. The molecule has 4 aromatic rings. The monoisotopic (exact) mass is 611 g/mol. The molecule has 44 heavy (non-hydrogen) atoms. The van der Waals surface area contributed by atoms with Gasteiger partial charge in [-0.3, -0.25) is 13.9 Å². The standard InChI is InChI=1S/C36H41N3O4S/c1-4-24-37-36(41)34(25-30-15-8-6-9-16-30)38(26-31-17-13-12-14-28(31)3)35(40)27-39(32-22-20-29(5-2)21-23-32)44(42,43)33-18-10-7-11-19-33/h6-23,34H,4-5,24-27H2,1-3H3,(H,37,41). The van der Waals surface area contributed by atoms with E-state index in [0.717, 1.165) is 39.4 Å². The molecule has 1 N–H and O–H groups in total. The number of hydrogen-bond donors (Lipinski definition) is 1. The first-order valence-corrected chi connectivity index (χ1v) is 16.5. The lowest BCUT2D eigenvalue weighted by molar-refractivity contribution is -0.140. The number of nitrogens with zero attached hydrogens (tertiary/aromatic N) is 2. The normalized spacial score (nSPS) is 11.9. The summed E-state index contributed by atoms with van der Waals surface area (Å²) in [4.78, 5) is 29.8. The summed E-state index contributed by atoms with van der Waals surface area (Å²) in [6, 6.07) is 31.7. The van der Waals surface area contributed by atoms with Gasteiger partial charge >= 0.3 is 0 Å². The minimum absolute atomic E-state index is 0.0827. The second kappa shape index (κ2) is 15.3. The second-order valence-electron chi connectivity index (χ2n) is 10.8. The Morgan fingerprint density at radius 2 is 1.39 bits per heavy atom. The fourth-order valence-electron chi connectivity index (χ4n) is 5.04. The van der Waals surface area contributed by atoms with E-state index >= 15 is 0 Å². The molecule has 1 atom stereocenters. The molecule has 0 radical (unpaired) electrons. The van der Waals surface area contributed by atoms with Gasteiger partial charge in [-0.1, -0.05) is 98.8 Å². The van der Waals surface area contributed by atoms with Crippen LogP contribution in [0.3, 0.4) is 0 Å². The third-order valence-electron chi connectivity index (χ3n) is 7.66. The highest BCUT2D eigenvalue weighted by atomic mass is 32.2. The van der Waals surface area contributed by atoms with Gasteiger partial charge in [0.1, 0.15) is 12.6 Å². The van der Waals surface area contributed by atoms with Crippen LogP contribution in [0, 0.1) is 6.92 Å². The van der Waals surface area contributed by atoms with E-state index in [4.69, 9.17) is 0 Å². The fraction of sp³-hybridized carbons (Fsp3) is 0.278. The molecule has 8 heteroatoms. The Bertz CT molecular complexity index is 1630. The number of sulfonamides is 1. The van der Waals surface area contributed by atoms with Crippen molar-refractivity contribution in [3.05, 3.63) is 131 Å². The Kier molecular flexibility index (Phi) is 11.3. The smallest absolute Gasteiger partial charge is 0.264 e. The van der Waals surface area contributed by atoms with Crippen molar-refractivity contribution in [2.24, 2.45) is 0 Å². The van der Waals surface area contributed by atoms with Crippen molar-refractivity contribution in [1.29, 1.82) is 0 Å². The van der Waals surface area contributed by atoms with Crippen LogP contribution in [-0.4, -0.2) is 44.3 Å². The van der Waals surface area contributed by atoms with Crippen molar-refractivity contribution in [2.45, 2.75) is 57.5 Å². The zero-order valence-corrected chi connectivity index (χ0v) is 26.5. The van der Waals surface area contributed by atoms with Crippen molar-refractivity contribution >= 4 is 27.5 Å². The van der Waals surface area contributed by atoms with Crippen LogP contribution < -0.4 is 9.62 Å². The molecule has 0 aliphatic carbocycles. The SMILES string of the molecule is CCCNC(=O)C(Cc1ccccc1)N(Cc1ccccc1C)C(=O)CN(c1ccc(CC)cc1)S(=O)(=O)c1ccccc1. The molecule has 4 rings (SSSR count). The largest absolute Gasteiger partial charge is 0.354 e. The summed E-state index contributed by atoms with van der Waals surface area (Å²) in [6.07, 6.45) is 1.82. The Balaban J connectivity index is 1.80. The Labute approximate surface area is 261 Å². The molecule has 1 unspecified atom stereocenters. The highest BCUT2D eigenvalue weighted by Gasteiger charge is 2.34. The minimum Gasteiger partial charge on any atom is -0.354 e. The molecule has 0 fully saturated rings. The van der Waals surface area contributed by atoms with Gasteiger partial charge in [0.25, 0.3) is 10.0 Å². The van der Waals surface area contributed by atoms with Crippen molar-refractivity contribution in [3.63, 3.8) is 0 Å². The van der Waals surface area contributed by atoms with E-state index in [-0.39, 0.29) is 23.8 Å². The predicted octanol–water partition coefficient (Wildman–Crippen LogP) is 5.92. The topological polar surface area (TPSA) is 86.8 Å². The van der Waals surface area contributed by atoms with Gasteiger partial charge in [0, 0.05) is 19.5 Å². The molecule has 230 valence electrons. The molecular formula is C36H41N3O4S. The lowest BCUT2D eigenvalue weighted by atomic mass is 10.0. The number of nitrogens with one attached hydrogen (secondary N) is 1. The summed E-state index contributed by atoms with van der Waals surface area (Å²) in [6.45, 7) is 6.10. The molecular weight excluding hydrogens is 570 g/mol. The van der Waals surface area contributed by atoms with E-state index in [1.54, 1.807) is 30.3 Å². The van der Waals surface area contributed by atoms with Gasteiger partial charge in [0.15, 0.2) is 0 Å². The molecule has 0 spiro atoms. The summed E-state index contributed by atoms with van der Waals surface area (Å²) >= 11 is 0.